The zero-order valence-corrected chi connectivity index (χ0v) is 12.3. The molecule has 0 aliphatic carbocycles. The zero-order valence-electron chi connectivity index (χ0n) is 11.5. The van der Waals surface area contributed by atoms with E-state index in [1.54, 1.807) is 11.8 Å². The van der Waals surface area contributed by atoms with Crippen LogP contribution in [-0.4, -0.2) is 16.7 Å². The maximum absolute atomic E-state index is 11.9. The van der Waals surface area contributed by atoms with Gasteiger partial charge in [0.15, 0.2) is 0 Å². The summed E-state index contributed by atoms with van der Waals surface area (Å²) in [6, 6.07) is 8.01. The number of benzene rings is 1. The van der Waals surface area contributed by atoms with Crippen LogP contribution in [0.1, 0.15) is 33.3 Å². The van der Waals surface area contributed by atoms with Crippen LogP contribution in [0, 0.1) is 0 Å². The Morgan fingerprint density at radius 2 is 1.89 bits per heavy atom. The minimum Gasteiger partial charge on any atom is -0.351 e. The van der Waals surface area contributed by atoms with Crippen molar-refractivity contribution in [2.45, 2.75) is 49.9 Å². The van der Waals surface area contributed by atoms with E-state index in [-0.39, 0.29) is 16.7 Å². The summed E-state index contributed by atoms with van der Waals surface area (Å²) in [6.07, 6.45) is 0. The monoisotopic (exact) mass is 266 g/mol. The second-order valence-corrected chi connectivity index (χ2v) is 6.76. The Morgan fingerprint density at radius 3 is 2.33 bits per heavy atom. The van der Waals surface area contributed by atoms with Crippen molar-refractivity contribution < 1.29 is 4.79 Å². The summed E-state index contributed by atoms with van der Waals surface area (Å²) in [5, 5.41) is 2.88. The van der Waals surface area contributed by atoms with E-state index in [9.17, 15) is 4.79 Å². The van der Waals surface area contributed by atoms with Crippen LogP contribution < -0.4 is 11.1 Å². The highest BCUT2D eigenvalue weighted by atomic mass is 32.2. The summed E-state index contributed by atoms with van der Waals surface area (Å²) < 4.78 is 0. The second kappa shape index (κ2) is 6.25. The molecule has 100 valence electrons. The van der Waals surface area contributed by atoms with E-state index < -0.39 is 0 Å². The SMILES string of the molecule is CC(Sc1ccc(CN)cc1)C(=O)NC(C)(C)C. The van der Waals surface area contributed by atoms with Crippen LogP contribution in [0.3, 0.4) is 0 Å². The Hall–Kier alpha value is -1.00. The van der Waals surface area contributed by atoms with Gasteiger partial charge >= 0.3 is 0 Å². The Kier molecular flexibility index (Phi) is 5.23. The van der Waals surface area contributed by atoms with Gasteiger partial charge in [0.2, 0.25) is 5.91 Å². The number of nitrogens with one attached hydrogen (secondary N) is 1. The normalized spacial score (nSPS) is 13.2. The molecule has 0 aliphatic rings. The number of hydrogen-bond acceptors (Lipinski definition) is 3. The first-order valence-corrected chi connectivity index (χ1v) is 6.97. The van der Waals surface area contributed by atoms with Crippen LogP contribution in [0.15, 0.2) is 29.2 Å². The molecular formula is C14H22N2OS. The molecule has 0 bridgehead atoms. The van der Waals surface area contributed by atoms with Crippen LogP contribution in [0.2, 0.25) is 0 Å². The minimum absolute atomic E-state index is 0.0652. The van der Waals surface area contributed by atoms with Gasteiger partial charge in [0.1, 0.15) is 0 Å². The molecule has 1 amide bonds. The van der Waals surface area contributed by atoms with E-state index in [2.05, 4.69) is 5.32 Å². The van der Waals surface area contributed by atoms with E-state index in [1.165, 1.54) is 0 Å². The van der Waals surface area contributed by atoms with E-state index in [0.29, 0.717) is 6.54 Å². The van der Waals surface area contributed by atoms with Crippen LogP contribution >= 0.6 is 11.8 Å². The molecule has 0 fully saturated rings. The predicted molar refractivity (Wildman–Crippen MR) is 77.5 cm³/mol. The average Bonchev–Trinajstić information content (AvgIpc) is 2.27. The molecule has 1 rings (SSSR count). The maximum Gasteiger partial charge on any atom is 0.233 e. The van der Waals surface area contributed by atoms with Gasteiger partial charge < -0.3 is 11.1 Å². The van der Waals surface area contributed by atoms with Crippen LogP contribution in [-0.2, 0) is 11.3 Å². The molecule has 1 unspecified atom stereocenters. The molecule has 1 aromatic carbocycles. The molecule has 0 aliphatic heterocycles. The summed E-state index contributed by atoms with van der Waals surface area (Å²) in [5.41, 5.74) is 6.47. The van der Waals surface area contributed by atoms with Gasteiger partial charge in [-0.25, -0.2) is 0 Å². The largest absolute Gasteiger partial charge is 0.351 e. The number of amides is 1. The lowest BCUT2D eigenvalue weighted by molar-refractivity contribution is -0.121. The smallest absolute Gasteiger partial charge is 0.233 e. The summed E-state index contributed by atoms with van der Waals surface area (Å²) in [6.45, 7) is 8.42. The number of carbonyl (C=O) groups is 1. The van der Waals surface area contributed by atoms with Crippen molar-refractivity contribution in [2.24, 2.45) is 5.73 Å². The highest BCUT2D eigenvalue weighted by Gasteiger charge is 2.19. The first-order chi connectivity index (χ1) is 8.31. The van der Waals surface area contributed by atoms with E-state index in [0.717, 1.165) is 10.5 Å². The Morgan fingerprint density at radius 1 is 1.33 bits per heavy atom. The van der Waals surface area contributed by atoms with Crippen LogP contribution in [0.4, 0.5) is 0 Å². The number of hydrogen-bond donors (Lipinski definition) is 2. The van der Waals surface area contributed by atoms with E-state index in [1.807, 2.05) is 52.0 Å². The van der Waals surface area contributed by atoms with E-state index in [4.69, 9.17) is 5.73 Å². The molecule has 0 aromatic heterocycles. The van der Waals surface area contributed by atoms with Crippen LogP contribution in [0.25, 0.3) is 0 Å². The molecule has 0 saturated carbocycles. The van der Waals surface area contributed by atoms with Crippen molar-refractivity contribution in [3.05, 3.63) is 29.8 Å². The first-order valence-electron chi connectivity index (χ1n) is 6.09. The number of nitrogens with two attached hydrogens (primary N) is 1. The fraction of sp³-hybridized carbons (Fsp3) is 0.500. The third kappa shape index (κ3) is 5.10. The molecule has 0 heterocycles. The topological polar surface area (TPSA) is 55.1 Å². The zero-order chi connectivity index (χ0) is 13.8. The number of rotatable bonds is 4. The van der Waals surface area contributed by atoms with Crippen molar-refractivity contribution in [3.8, 4) is 0 Å². The van der Waals surface area contributed by atoms with Gasteiger partial charge in [-0.15, -0.1) is 11.8 Å². The van der Waals surface area contributed by atoms with Crippen molar-refractivity contribution >= 4 is 17.7 Å². The van der Waals surface area contributed by atoms with Crippen molar-refractivity contribution in [1.82, 2.24) is 5.32 Å². The molecule has 1 atom stereocenters. The highest BCUT2D eigenvalue weighted by molar-refractivity contribution is 8.00. The average molecular weight is 266 g/mol. The molecule has 0 saturated heterocycles. The fourth-order valence-electron chi connectivity index (χ4n) is 1.43. The molecule has 3 nitrogen and oxygen atoms in total. The Bertz CT molecular complexity index is 395. The molecule has 3 N–H and O–H groups in total. The van der Waals surface area contributed by atoms with Gasteiger partial charge in [-0.2, -0.15) is 0 Å². The highest BCUT2D eigenvalue weighted by Crippen LogP contribution is 2.24. The van der Waals surface area contributed by atoms with Gasteiger partial charge in [-0.3, -0.25) is 4.79 Å². The minimum atomic E-state index is -0.185. The van der Waals surface area contributed by atoms with Gasteiger partial charge in [0, 0.05) is 17.0 Å². The quantitative estimate of drug-likeness (QED) is 0.823. The van der Waals surface area contributed by atoms with Crippen molar-refractivity contribution in [1.29, 1.82) is 0 Å². The molecule has 0 radical (unpaired) electrons. The summed E-state index contributed by atoms with van der Waals surface area (Å²) in [5.74, 6) is 0.0652. The maximum atomic E-state index is 11.9. The van der Waals surface area contributed by atoms with E-state index >= 15 is 0 Å². The van der Waals surface area contributed by atoms with Gasteiger partial charge in [0.25, 0.3) is 0 Å². The third-order valence-electron chi connectivity index (χ3n) is 2.34. The van der Waals surface area contributed by atoms with Crippen LogP contribution in [0.5, 0.6) is 0 Å². The molecule has 4 heteroatoms. The second-order valence-electron chi connectivity index (χ2n) is 5.35. The van der Waals surface area contributed by atoms with Crippen molar-refractivity contribution in [2.75, 3.05) is 0 Å². The molecule has 0 spiro atoms. The Labute approximate surface area is 114 Å². The number of thioether (sulfide) groups is 1. The predicted octanol–water partition coefficient (Wildman–Crippen LogP) is 2.54. The third-order valence-corrected chi connectivity index (χ3v) is 3.45. The molecule has 18 heavy (non-hydrogen) atoms. The first kappa shape index (κ1) is 15.1. The summed E-state index contributed by atoms with van der Waals surface area (Å²) >= 11 is 1.56. The van der Waals surface area contributed by atoms with Crippen molar-refractivity contribution in [3.63, 3.8) is 0 Å². The molecular weight excluding hydrogens is 244 g/mol. The summed E-state index contributed by atoms with van der Waals surface area (Å²) in [7, 11) is 0. The fourth-order valence-corrected chi connectivity index (χ4v) is 2.30. The lowest BCUT2D eigenvalue weighted by Gasteiger charge is -2.23. The lowest BCUT2D eigenvalue weighted by Crippen LogP contribution is -2.44. The van der Waals surface area contributed by atoms with Gasteiger partial charge in [0.05, 0.1) is 5.25 Å². The van der Waals surface area contributed by atoms with Gasteiger partial charge in [-0.1, -0.05) is 12.1 Å². The number of carbonyl (C=O) groups excluding carboxylic acids is 1. The summed E-state index contributed by atoms with van der Waals surface area (Å²) in [4.78, 5) is 13.0. The molecule has 1 aromatic rings. The lowest BCUT2D eigenvalue weighted by atomic mass is 10.1. The standard InChI is InChI=1S/C14H22N2OS/c1-10(13(17)16-14(2,3)4)18-12-7-5-11(9-15)6-8-12/h5-8,10H,9,15H2,1-4H3,(H,16,17). The Balaban J connectivity index is 2.58. The van der Waals surface area contributed by atoms with Gasteiger partial charge in [-0.05, 0) is 45.4 Å².